The molecule has 4 heterocycles. The van der Waals surface area contributed by atoms with Gasteiger partial charge in [0.25, 0.3) is 5.56 Å². The van der Waals surface area contributed by atoms with Gasteiger partial charge in [-0.1, -0.05) is 11.8 Å². The van der Waals surface area contributed by atoms with E-state index in [-0.39, 0.29) is 10.8 Å². The highest BCUT2D eigenvalue weighted by molar-refractivity contribution is 7.99. The molecular weight excluding hydrogens is 346 g/mol. The molecule has 122 valence electrons. The van der Waals surface area contributed by atoms with Gasteiger partial charge in [0.15, 0.2) is 5.16 Å². The van der Waals surface area contributed by atoms with Gasteiger partial charge in [-0.15, -0.1) is 21.5 Å². The van der Waals surface area contributed by atoms with Crippen LogP contribution in [0.1, 0.15) is 18.0 Å². The topological polar surface area (TPSA) is 89.6 Å². The Morgan fingerprint density at radius 2 is 2.33 bits per heavy atom. The Morgan fingerprint density at radius 3 is 3.04 bits per heavy atom. The van der Waals surface area contributed by atoms with Crippen LogP contribution in [0.2, 0.25) is 0 Å². The Hall–Kier alpha value is -2.39. The van der Waals surface area contributed by atoms with Crippen LogP contribution in [-0.2, 0) is 7.05 Å². The number of hydrogen-bond acceptors (Lipinski definition) is 7. The normalized spacial score (nSPS) is 12.8. The minimum absolute atomic E-state index is 0.0563. The minimum Gasteiger partial charge on any atom is -0.464 e. The summed E-state index contributed by atoms with van der Waals surface area (Å²) in [5.74, 6) is 1.29. The number of nitrogens with one attached hydrogen (secondary N) is 1. The first kappa shape index (κ1) is 15.2. The maximum Gasteiger partial charge on any atom is 0.260 e. The molecule has 1 atom stereocenters. The molecule has 24 heavy (non-hydrogen) atoms. The molecule has 4 aromatic rings. The maximum absolute atomic E-state index is 12.6. The van der Waals surface area contributed by atoms with E-state index in [4.69, 9.17) is 4.42 Å². The van der Waals surface area contributed by atoms with Crippen LogP contribution in [-0.4, -0.2) is 24.7 Å². The molecule has 9 heteroatoms. The van der Waals surface area contributed by atoms with Crippen LogP contribution in [0.5, 0.6) is 0 Å². The number of furan rings is 1. The standard InChI is InChI=1S/C15H13N5O2S2/c1-8(24-15-19-16-7-20(15)2)12-17-13(21)11-9(6-23-14(11)18-12)10-4-3-5-22-10/h3-8H,1-2H3,(H,17,18,21)/t8-/m1/s1. The maximum atomic E-state index is 12.6. The predicted octanol–water partition coefficient (Wildman–Crippen LogP) is 3.23. The fraction of sp³-hybridized carbons (Fsp3) is 0.200. The largest absolute Gasteiger partial charge is 0.464 e. The van der Waals surface area contributed by atoms with Crippen LogP contribution in [0, 0.1) is 0 Å². The Bertz CT molecular complexity index is 1050. The number of rotatable bonds is 4. The summed E-state index contributed by atoms with van der Waals surface area (Å²) in [6.07, 6.45) is 3.23. The number of fused-ring (bicyclic) bond motifs is 1. The smallest absolute Gasteiger partial charge is 0.260 e. The van der Waals surface area contributed by atoms with Gasteiger partial charge in [0.2, 0.25) is 0 Å². The third-order valence-electron chi connectivity index (χ3n) is 3.59. The Morgan fingerprint density at radius 1 is 1.46 bits per heavy atom. The second-order valence-corrected chi connectivity index (χ2v) is 7.41. The summed E-state index contributed by atoms with van der Waals surface area (Å²) in [5.41, 5.74) is 0.613. The summed E-state index contributed by atoms with van der Waals surface area (Å²) in [7, 11) is 1.88. The quantitative estimate of drug-likeness (QED) is 0.563. The van der Waals surface area contributed by atoms with Crippen LogP contribution in [0.15, 0.2) is 44.5 Å². The van der Waals surface area contributed by atoms with Crippen LogP contribution in [0.25, 0.3) is 21.5 Å². The molecule has 4 rings (SSSR count). The molecule has 0 radical (unpaired) electrons. The number of aromatic amines is 1. The summed E-state index contributed by atoms with van der Waals surface area (Å²) in [4.78, 5) is 20.8. The summed E-state index contributed by atoms with van der Waals surface area (Å²) >= 11 is 2.93. The second-order valence-electron chi connectivity index (χ2n) is 5.24. The number of thioether (sulfide) groups is 1. The van der Waals surface area contributed by atoms with Crippen molar-refractivity contribution in [3.63, 3.8) is 0 Å². The number of aromatic nitrogens is 5. The lowest BCUT2D eigenvalue weighted by Crippen LogP contribution is -2.12. The van der Waals surface area contributed by atoms with E-state index in [0.29, 0.717) is 21.8 Å². The van der Waals surface area contributed by atoms with Crippen molar-refractivity contribution in [1.82, 2.24) is 24.7 Å². The van der Waals surface area contributed by atoms with E-state index in [1.807, 2.05) is 30.0 Å². The van der Waals surface area contributed by atoms with Crippen LogP contribution >= 0.6 is 23.1 Å². The van der Waals surface area contributed by atoms with Crippen molar-refractivity contribution in [2.24, 2.45) is 7.05 Å². The van der Waals surface area contributed by atoms with Gasteiger partial charge in [0.1, 0.15) is 22.7 Å². The monoisotopic (exact) mass is 359 g/mol. The first-order valence-corrected chi connectivity index (χ1v) is 8.95. The van der Waals surface area contributed by atoms with Gasteiger partial charge in [0.05, 0.1) is 16.9 Å². The van der Waals surface area contributed by atoms with E-state index in [0.717, 1.165) is 10.7 Å². The molecule has 0 amide bonds. The molecule has 0 saturated carbocycles. The van der Waals surface area contributed by atoms with Gasteiger partial charge < -0.3 is 14.0 Å². The molecule has 0 saturated heterocycles. The van der Waals surface area contributed by atoms with E-state index in [1.54, 1.807) is 18.7 Å². The third kappa shape index (κ3) is 2.55. The van der Waals surface area contributed by atoms with Crippen molar-refractivity contribution in [2.75, 3.05) is 0 Å². The predicted molar refractivity (Wildman–Crippen MR) is 93.2 cm³/mol. The van der Waals surface area contributed by atoms with E-state index >= 15 is 0 Å². The van der Waals surface area contributed by atoms with Crippen LogP contribution < -0.4 is 5.56 Å². The molecule has 0 aromatic carbocycles. The lowest BCUT2D eigenvalue weighted by atomic mass is 10.2. The summed E-state index contributed by atoms with van der Waals surface area (Å²) in [6, 6.07) is 3.63. The van der Waals surface area contributed by atoms with Gasteiger partial charge in [-0.3, -0.25) is 4.79 Å². The number of nitrogens with zero attached hydrogens (tertiary/aromatic N) is 4. The second kappa shape index (κ2) is 5.91. The van der Waals surface area contributed by atoms with Crippen molar-refractivity contribution in [3.05, 3.63) is 46.3 Å². The van der Waals surface area contributed by atoms with E-state index in [9.17, 15) is 4.79 Å². The molecular formula is C15H13N5O2S2. The van der Waals surface area contributed by atoms with Crippen molar-refractivity contribution < 1.29 is 4.42 Å². The van der Waals surface area contributed by atoms with Gasteiger partial charge in [-0.25, -0.2) is 4.98 Å². The molecule has 0 spiro atoms. The first-order valence-electron chi connectivity index (χ1n) is 7.19. The van der Waals surface area contributed by atoms with Crippen LogP contribution in [0.3, 0.4) is 0 Å². The van der Waals surface area contributed by atoms with Crippen molar-refractivity contribution in [1.29, 1.82) is 0 Å². The molecule has 0 aliphatic heterocycles. The number of thiophene rings is 1. The van der Waals surface area contributed by atoms with Gasteiger partial charge in [0, 0.05) is 18.0 Å². The fourth-order valence-corrected chi connectivity index (χ4v) is 4.15. The zero-order chi connectivity index (χ0) is 16.7. The summed E-state index contributed by atoms with van der Waals surface area (Å²) in [6.45, 7) is 1.98. The molecule has 4 aromatic heterocycles. The zero-order valence-corrected chi connectivity index (χ0v) is 14.5. The Balaban J connectivity index is 1.74. The lowest BCUT2D eigenvalue weighted by molar-refractivity contribution is 0.583. The van der Waals surface area contributed by atoms with E-state index < -0.39 is 0 Å². The first-order chi connectivity index (χ1) is 11.6. The number of hydrogen-bond donors (Lipinski definition) is 1. The van der Waals surface area contributed by atoms with Crippen molar-refractivity contribution in [3.8, 4) is 11.3 Å². The van der Waals surface area contributed by atoms with E-state index in [1.165, 1.54) is 23.1 Å². The van der Waals surface area contributed by atoms with Crippen molar-refractivity contribution in [2.45, 2.75) is 17.3 Å². The summed E-state index contributed by atoms with van der Waals surface area (Å²) < 4.78 is 7.24. The van der Waals surface area contributed by atoms with Crippen LogP contribution in [0.4, 0.5) is 0 Å². The number of H-pyrrole nitrogens is 1. The molecule has 0 fully saturated rings. The number of aryl methyl sites for hydroxylation is 1. The highest BCUT2D eigenvalue weighted by atomic mass is 32.2. The Kier molecular flexibility index (Phi) is 3.73. The Labute approximate surface area is 144 Å². The molecule has 7 nitrogen and oxygen atoms in total. The summed E-state index contributed by atoms with van der Waals surface area (Å²) in [5, 5.41) is 11.1. The average Bonchev–Trinajstić information content (AvgIpc) is 3.28. The highest BCUT2D eigenvalue weighted by Gasteiger charge is 2.18. The van der Waals surface area contributed by atoms with Gasteiger partial charge in [-0.05, 0) is 19.1 Å². The molecule has 1 N–H and O–H groups in total. The lowest BCUT2D eigenvalue weighted by Gasteiger charge is -2.09. The highest BCUT2D eigenvalue weighted by Crippen LogP contribution is 2.34. The van der Waals surface area contributed by atoms with Gasteiger partial charge in [-0.2, -0.15) is 0 Å². The van der Waals surface area contributed by atoms with Gasteiger partial charge >= 0.3 is 0 Å². The third-order valence-corrected chi connectivity index (χ3v) is 5.62. The zero-order valence-electron chi connectivity index (χ0n) is 12.9. The molecule has 0 aliphatic rings. The SMILES string of the molecule is C[C@@H](Sc1nncn1C)c1nc2scc(-c3ccco3)c2c(=O)[nH]1. The van der Waals surface area contributed by atoms with E-state index in [2.05, 4.69) is 20.2 Å². The average molecular weight is 359 g/mol. The molecule has 0 bridgehead atoms. The van der Waals surface area contributed by atoms with Crippen molar-refractivity contribution >= 4 is 33.3 Å². The molecule has 0 aliphatic carbocycles. The fourth-order valence-electron chi connectivity index (χ4n) is 2.36. The molecule has 0 unspecified atom stereocenters. The minimum atomic E-state index is -0.159.